The van der Waals surface area contributed by atoms with E-state index < -0.39 is 0 Å². The van der Waals surface area contributed by atoms with Crippen LogP contribution in [0.15, 0.2) is 36.4 Å². The van der Waals surface area contributed by atoms with Gasteiger partial charge in [-0.3, -0.25) is 4.79 Å². The van der Waals surface area contributed by atoms with E-state index in [1.54, 1.807) is 0 Å². The van der Waals surface area contributed by atoms with Crippen LogP contribution in [0, 0.1) is 0 Å². The highest BCUT2D eigenvalue weighted by Crippen LogP contribution is 2.18. The fourth-order valence-corrected chi connectivity index (χ4v) is 2.69. The van der Waals surface area contributed by atoms with Gasteiger partial charge in [-0.2, -0.15) is 0 Å². The molecule has 3 rings (SSSR count). The Hall–Kier alpha value is -1.61. The van der Waals surface area contributed by atoms with E-state index in [2.05, 4.69) is 41.7 Å². The Balaban J connectivity index is 1.72. The molecule has 3 nitrogen and oxygen atoms in total. The summed E-state index contributed by atoms with van der Waals surface area (Å²) in [4.78, 5) is 14.3. The number of nitrogens with zero attached hydrogens (tertiary/aromatic N) is 1. The number of rotatable bonds is 1. The van der Waals surface area contributed by atoms with Crippen LogP contribution in [-0.2, 0) is 17.8 Å². The molecule has 0 bridgehead atoms. The van der Waals surface area contributed by atoms with Crippen molar-refractivity contribution in [2.24, 2.45) is 0 Å². The zero-order chi connectivity index (χ0) is 12.4. The fourth-order valence-electron chi connectivity index (χ4n) is 2.69. The Morgan fingerprint density at radius 3 is 2.83 bits per heavy atom. The molecule has 0 spiro atoms. The van der Waals surface area contributed by atoms with Crippen LogP contribution < -0.4 is 5.32 Å². The first kappa shape index (κ1) is 11.5. The number of carbonyl (C=O) groups excluding carboxylic acids is 1. The summed E-state index contributed by atoms with van der Waals surface area (Å²) in [6.45, 7) is 2.42. The van der Waals surface area contributed by atoms with Gasteiger partial charge < -0.3 is 10.2 Å². The molecular weight excluding hydrogens is 224 g/mol. The van der Waals surface area contributed by atoms with E-state index in [1.165, 1.54) is 11.1 Å². The highest BCUT2D eigenvalue weighted by atomic mass is 16.2. The van der Waals surface area contributed by atoms with Crippen molar-refractivity contribution in [3.63, 3.8) is 0 Å². The van der Waals surface area contributed by atoms with Gasteiger partial charge in [0, 0.05) is 19.6 Å². The maximum absolute atomic E-state index is 12.4. The number of fused-ring (bicyclic) bond motifs is 1. The Bertz CT molecular complexity index is 481. The third-order valence-electron chi connectivity index (χ3n) is 3.75. The van der Waals surface area contributed by atoms with Crippen molar-refractivity contribution in [2.45, 2.75) is 25.4 Å². The third-order valence-corrected chi connectivity index (χ3v) is 3.75. The molecule has 1 atom stereocenters. The molecule has 2 aliphatic rings. The van der Waals surface area contributed by atoms with Crippen LogP contribution in [0.1, 0.15) is 17.5 Å². The van der Waals surface area contributed by atoms with E-state index in [0.717, 1.165) is 32.5 Å². The van der Waals surface area contributed by atoms with Crippen molar-refractivity contribution in [3.05, 3.63) is 47.5 Å². The molecule has 0 radical (unpaired) electrons. The highest BCUT2D eigenvalue weighted by Gasteiger charge is 2.27. The Morgan fingerprint density at radius 1 is 1.22 bits per heavy atom. The first-order chi connectivity index (χ1) is 8.84. The second-order valence-electron chi connectivity index (χ2n) is 4.95. The van der Waals surface area contributed by atoms with Gasteiger partial charge in [-0.15, -0.1) is 0 Å². The summed E-state index contributed by atoms with van der Waals surface area (Å²) in [5, 5.41) is 3.36. The van der Waals surface area contributed by atoms with Crippen molar-refractivity contribution in [1.29, 1.82) is 0 Å². The minimum absolute atomic E-state index is 0.0496. The highest BCUT2D eigenvalue weighted by molar-refractivity contribution is 5.83. The topological polar surface area (TPSA) is 32.3 Å². The first-order valence-electron chi connectivity index (χ1n) is 6.58. The maximum Gasteiger partial charge on any atom is 0.240 e. The van der Waals surface area contributed by atoms with Crippen LogP contribution in [0.4, 0.5) is 0 Å². The number of nitrogens with one attached hydrogen (secondary N) is 1. The van der Waals surface area contributed by atoms with Gasteiger partial charge in [0.25, 0.3) is 0 Å². The Morgan fingerprint density at radius 2 is 2.06 bits per heavy atom. The molecule has 0 aromatic heterocycles. The van der Waals surface area contributed by atoms with Crippen molar-refractivity contribution in [1.82, 2.24) is 10.2 Å². The van der Waals surface area contributed by atoms with Gasteiger partial charge in [0.1, 0.15) is 0 Å². The molecule has 0 saturated carbocycles. The van der Waals surface area contributed by atoms with Crippen molar-refractivity contribution in [3.8, 4) is 0 Å². The number of benzene rings is 1. The predicted octanol–water partition coefficient (Wildman–Crippen LogP) is 1.49. The molecule has 2 heterocycles. The van der Waals surface area contributed by atoms with E-state index in [9.17, 15) is 4.79 Å². The van der Waals surface area contributed by atoms with Crippen LogP contribution >= 0.6 is 0 Å². The zero-order valence-corrected chi connectivity index (χ0v) is 10.4. The molecule has 1 aromatic rings. The second kappa shape index (κ2) is 4.94. The molecule has 1 aromatic carbocycles. The zero-order valence-electron chi connectivity index (χ0n) is 10.4. The molecule has 0 fully saturated rings. The van der Waals surface area contributed by atoms with Crippen molar-refractivity contribution >= 4 is 5.91 Å². The number of hydrogen-bond donors (Lipinski definition) is 1. The smallest absolute Gasteiger partial charge is 0.240 e. The molecule has 0 saturated heterocycles. The lowest BCUT2D eigenvalue weighted by molar-refractivity contribution is -0.133. The van der Waals surface area contributed by atoms with E-state index in [4.69, 9.17) is 0 Å². The van der Waals surface area contributed by atoms with Crippen molar-refractivity contribution < 1.29 is 4.79 Å². The molecule has 3 heteroatoms. The number of hydrogen-bond acceptors (Lipinski definition) is 2. The van der Waals surface area contributed by atoms with E-state index in [0.29, 0.717) is 0 Å². The quantitative estimate of drug-likeness (QED) is 0.757. The monoisotopic (exact) mass is 242 g/mol. The van der Waals surface area contributed by atoms with Gasteiger partial charge in [-0.05, 0) is 24.0 Å². The summed E-state index contributed by atoms with van der Waals surface area (Å²) >= 11 is 0. The SMILES string of the molecule is O=C(C1Cc2ccccc2CN1)N1CC=CCC1. The summed E-state index contributed by atoms with van der Waals surface area (Å²) in [6, 6.07) is 8.32. The third kappa shape index (κ3) is 2.18. The van der Waals surface area contributed by atoms with Gasteiger partial charge in [0.2, 0.25) is 5.91 Å². The lowest BCUT2D eigenvalue weighted by Gasteiger charge is -2.31. The van der Waals surface area contributed by atoms with Gasteiger partial charge in [-0.25, -0.2) is 0 Å². The lowest BCUT2D eigenvalue weighted by Crippen LogP contribution is -2.50. The van der Waals surface area contributed by atoms with E-state index in [1.807, 2.05) is 4.90 Å². The van der Waals surface area contributed by atoms with Crippen LogP contribution in [0.25, 0.3) is 0 Å². The predicted molar refractivity (Wildman–Crippen MR) is 71.1 cm³/mol. The molecule has 2 aliphatic heterocycles. The molecular formula is C15H18N2O. The van der Waals surface area contributed by atoms with Gasteiger partial charge in [0.15, 0.2) is 0 Å². The van der Waals surface area contributed by atoms with Gasteiger partial charge in [-0.1, -0.05) is 36.4 Å². The minimum Gasteiger partial charge on any atom is -0.337 e. The Labute approximate surface area is 107 Å². The average molecular weight is 242 g/mol. The van der Waals surface area contributed by atoms with Gasteiger partial charge >= 0.3 is 0 Å². The fraction of sp³-hybridized carbons (Fsp3) is 0.400. The summed E-state index contributed by atoms with van der Waals surface area (Å²) in [7, 11) is 0. The molecule has 0 aliphatic carbocycles. The van der Waals surface area contributed by atoms with Crippen LogP contribution in [0.3, 0.4) is 0 Å². The lowest BCUT2D eigenvalue weighted by atomic mass is 9.95. The number of carbonyl (C=O) groups is 1. The molecule has 1 amide bonds. The van der Waals surface area contributed by atoms with E-state index >= 15 is 0 Å². The maximum atomic E-state index is 12.4. The molecule has 1 unspecified atom stereocenters. The normalized spacial score (nSPS) is 22.7. The minimum atomic E-state index is -0.0496. The van der Waals surface area contributed by atoms with Gasteiger partial charge in [0.05, 0.1) is 6.04 Å². The first-order valence-corrected chi connectivity index (χ1v) is 6.58. The standard InChI is InChI=1S/C15H18N2O/c18-15(17-8-4-1-5-9-17)14-10-12-6-2-3-7-13(12)11-16-14/h1-4,6-7,14,16H,5,8-11H2. The average Bonchev–Trinajstić information content (AvgIpc) is 2.47. The number of amides is 1. The molecule has 18 heavy (non-hydrogen) atoms. The van der Waals surface area contributed by atoms with Crippen molar-refractivity contribution in [2.75, 3.05) is 13.1 Å². The van der Waals surface area contributed by atoms with Crippen LogP contribution in [0.2, 0.25) is 0 Å². The second-order valence-corrected chi connectivity index (χ2v) is 4.95. The summed E-state index contributed by atoms with van der Waals surface area (Å²) in [5.74, 6) is 0.244. The summed E-state index contributed by atoms with van der Waals surface area (Å²) in [6.07, 6.45) is 6.02. The summed E-state index contributed by atoms with van der Waals surface area (Å²) < 4.78 is 0. The van der Waals surface area contributed by atoms with Crippen LogP contribution in [0.5, 0.6) is 0 Å². The van der Waals surface area contributed by atoms with Crippen LogP contribution in [-0.4, -0.2) is 29.9 Å². The summed E-state index contributed by atoms with van der Waals surface area (Å²) in [5.41, 5.74) is 2.63. The Kier molecular flexibility index (Phi) is 3.15. The molecule has 1 N–H and O–H groups in total. The van der Waals surface area contributed by atoms with E-state index in [-0.39, 0.29) is 11.9 Å². The largest absolute Gasteiger partial charge is 0.337 e. The molecule has 94 valence electrons.